The largest absolute Gasteiger partial charge is 0.468 e. The minimum atomic E-state index is -3.83. The van der Waals surface area contributed by atoms with E-state index in [1.54, 1.807) is 24.3 Å². The number of esters is 2. The lowest BCUT2D eigenvalue weighted by atomic mass is 9.84. The van der Waals surface area contributed by atoms with Crippen molar-refractivity contribution in [3.63, 3.8) is 0 Å². The normalized spacial score (nSPS) is 16.9. The van der Waals surface area contributed by atoms with Crippen LogP contribution in [-0.4, -0.2) is 54.2 Å². The maximum atomic E-state index is 13.8. The fourth-order valence-electron chi connectivity index (χ4n) is 5.13. The van der Waals surface area contributed by atoms with Gasteiger partial charge in [-0.1, -0.05) is 37.3 Å². The standard InChI is InChI=1S/C25H32N2O6SSi/c1-16-9-11-17(12-10-16)34(30,31)27-13-7-8-18-19-14-25(23(28)32-2,24(29)33-3)15-20(19)26-22(21(18)27)35(4,5)6/h9-12H,7-8,13-15H2,1-6H3. The lowest BCUT2D eigenvalue weighted by Crippen LogP contribution is -2.48. The Hall–Kier alpha value is -2.72. The van der Waals surface area contributed by atoms with Crippen molar-refractivity contribution in [3.8, 4) is 0 Å². The Balaban J connectivity index is 1.95. The Morgan fingerprint density at radius 2 is 1.60 bits per heavy atom. The molecule has 188 valence electrons. The zero-order chi connectivity index (χ0) is 25.8. The van der Waals surface area contributed by atoms with Crippen LogP contribution in [0.1, 0.15) is 28.8 Å². The maximum absolute atomic E-state index is 13.8. The zero-order valence-electron chi connectivity index (χ0n) is 21.1. The molecule has 0 radical (unpaired) electrons. The van der Waals surface area contributed by atoms with Crippen LogP contribution in [0.25, 0.3) is 0 Å². The van der Waals surface area contributed by atoms with Crippen LogP contribution >= 0.6 is 0 Å². The van der Waals surface area contributed by atoms with Crippen LogP contribution in [0.5, 0.6) is 0 Å². The van der Waals surface area contributed by atoms with E-state index < -0.39 is 35.5 Å². The number of pyridine rings is 1. The molecule has 1 aromatic carbocycles. The summed E-state index contributed by atoms with van der Waals surface area (Å²) < 4.78 is 39.2. The number of sulfonamides is 1. The van der Waals surface area contributed by atoms with Gasteiger partial charge in [0.2, 0.25) is 0 Å². The van der Waals surface area contributed by atoms with E-state index in [1.807, 2.05) is 6.92 Å². The van der Waals surface area contributed by atoms with E-state index in [0.717, 1.165) is 22.0 Å². The summed E-state index contributed by atoms with van der Waals surface area (Å²) in [5, 5.41) is 0.771. The molecule has 0 unspecified atom stereocenters. The molecule has 0 saturated carbocycles. The first-order valence-corrected chi connectivity index (χ1v) is 16.6. The van der Waals surface area contributed by atoms with E-state index in [4.69, 9.17) is 14.5 Å². The number of carbonyl (C=O) groups is 2. The molecule has 0 N–H and O–H groups in total. The Morgan fingerprint density at radius 1 is 1.00 bits per heavy atom. The van der Waals surface area contributed by atoms with Gasteiger partial charge in [-0.2, -0.15) is 0 Å². The topological polar surface area (TPSA) is 103 Å². The lowest BCUT2D eigenvalue weighted by molar-refractivity contribution is -0.168. The molecule has 0 atom stereocenters. The van der Waals surface area contributed by atoms with Crippen molar-refractivity contribution in [1.29, 1.82) is 0 Å². The second-order valence-corrected chi connectivity index (χ2v) is 17.2. The van der Waals surface area contributed by atoms with Crippen molar-refractivity contribution in [2.24, 2.45) is 5.41 Å². The molecular formula is C25H32N2O6SSi. The molecule has 1 aliphatic heterocycles. The molecule has 1 aliphatic carbocycles. The quantitative estimate of drug-likeness (QED) is 0.342. The van der Waals surface area contributed by atoms with Gasteiger partial charge in [0.15, 0.2) is 5.41 Å². The van der Waals surface area contributed by atoms with Crippen LogP contribution in [0.4, 0.5) is 5.69 Å². The zero-order valence-corrected chi connectivity index (χ0v) is 22.9. The molecule has 0 fully saturated rings. The molecule has 10 heteroatoms. The monoisotopic (exact) mass is 516 g/mol. The van der Waals surface area contributed by atoms with Crippen LogP contribution in [0, 0.1) is 12.3 Å². The molecule has 0 amide bonds. The SMILES string of the molecule is COC(=O)C1(C(=O)OC)Cc2nc([Si](C)(C)C)c3c(c2C1)CCCN3S(=O)(=O)c1ccc(C)cc1. The highest BCUT2D eigenvalue weighted by atomic mass is 32.2. The summed E-state index contributed by atoms with van der Waals surface area (Å²) in [6.07, 6.45) is 1.44. The number of hydrogen-bond acceptors (Lipinski definition) is 7. The van der Waals surface area contributed by atoms with Crippen molar-refractivity contribution >= 4 is 41.0 Å². The molecule has 8 nitrogen and oxygen atoms in total. The maximum Gasteiger partial charge on any atom is 0.323 e. The number of hydrogen-bond donors (Lipinski definition) is 0. The number of methoxy groups -OCH3 is 2. The minimum absolute atomic E-state index is 0.0805. The van der Waals surface area contributed by atoms with Gasteiger partial charge in [0.05, 0.1) is 24.8 Å². The highest BCUT2D eigenvalue weighted by Gasteiger charge is 2.55. The van der Waals surface area contributed by atoms with Gasteiger partial charge in [-0.25, -0.2) is 8.42 Å². The van der Waals surface area contributed by atoms with Gasteiger partial charge < -0.3 is 9.47 Å². The molecule has 35 heavy (non-hydrogen) atoms. The predicted octanol–water partition coefficient (Wildman–Crippen LogP) is 2.51. The van der Waals surface area contributed by atoms with Crippen molar-refractivity contribution in [2.45, 2.75) is 57.1 Å². The van der Waals surface area contributed by atoms with E-state index in [-0.39, 0.29) is 17.7 Å². The summed E-state index contributed by atoms with van der Waals surface area (Å²) in [4.78, 5) is 30.9. The van der Waals surface area contributed by atoms with Crippen molar-refractivity contribution in [3.05, 3.63) is 46.6 Å². The van der Waals surface area contributed by atoms with Gasteiger partial charge in [0, 0.05) is 30.4 Å². The molecule has 1 aromatic heterocycles. The number of aryl methyl sites for hydroxylation is 1. The first-order valence-electron chi connectivity index (χ1n) is 11.7. The van der Waals surface area contributed by atoms with Gasteiger partial charge in [-0.3, -0.25) is 18.9 Å². The molecule has 0 spiro atoms. The number of rotatable bonds is 5. The van der Waals surface area contributed by atoms with E-state index in [1.165, 1.54) is 18.5 Å². The number of aromatic nitrogens is 1. The third kappa shape index (κ3) is 4.06. The number of anilines is 1. The molecule has 0 saturated heterocycles. The molecule has 4 rings (SSSR count). The van der Waals surface area contributed by atoms with Crippen LogP contribution in [-0.2, 0) is 48.3 Å². The van der Waals surface area contributed by atoms with Gasteiger partial charge in [-0.15, -0.1) is 0 Å². The van der Waals surface area contributed by atoms with Crippen molar-refractivity contribution < 1.29 is 27.5 Å². The molecule has 2 heterocycles. The minimum Gasteiger partial charge on any atom is -0.468 e. The summed E-state index contributed by atoms with van der Waals surface area (Å²) >= 11 is 0. The summed E-state index contributed by atoms with van der Waals surface area (Å²) in [6, 6.07) is 6.85. The first-order chi connectivity index (χ1) is 16.4. The third-order valence-electron chi connectivity index (χ3n) is 6.93. The van der Waals surface area contributed by atoms with Crippen LogP contribution in [0.3, 0.4) is 0 Å². The average molecular weight is 517 g/mol. The van der Waals surface area contributed by atoms with Gasteiger partial charge >= 0.3 is 11.9 Å². The van der Waals surface area contributed by atoms with E-state index >= 15 is 0 Å². The molecule has 2 aromatic rings. The van der Waals surface area contributed by atoms with E-state index in [9.17, 15) is 18.0 Å². The molecular weight excluding hydrogens is 484 g/mol. The second-order valence-electron chi connectivity index (χ2n) is 10.4. The Kier molecular flexibility index (Phi) is 6.34. The average Bonchev–Trinajstić information content (AvgIpc) is 3.23. The number of nitrogens with zero attached hydrogens (tertiary/aromatic N) is 2. The smallest absolute Gasteiger partial charge is 0.323 e. The number of carbonyl (C=O) groups excluding carboxylic acids is 2. The Bertz CT molecular complexity index is 1280. The van der Waals surface area contributed by atoms with Crippen molar-refractivity contribution in [2.75, 3.05) is 25.1 Å². The second kappa shape index (κ2) is 8.74. The summed E-state index contributed by atoms with van der Waals surface area (Å²) in [5.41, 5.74) is 2.38. The van der Waals surface area contributed by atoms with Gasteiger partial charge in [0.1, 0.15) is 8.07 Å². The van der Waals surface area contributed by atoms with Gasteiger partial charge in [0.25, 0.3) is 10.0 Å². The Labute approximate surface area is 207 Å². The van der Waals surface area contributed by atoms with E-state index in [0.29, 0.717) is 30.8 Å². The number of benzene rings is 1. The highest BCUT2D eigenvalue weighted by molar-refractivity contribution is 7.92. The summed E-state index contributed by atoms with van der Waals surface area (Å²) in [7, 11) is -3.48. The van der Waals surface area contributed by atoms with Crippen LogP contribution in [0.2, 0.25) is 19.6 Å². The fraction of sp³-hybridized carbons (Fsp3) is 0.480. The molecule has 2 aliphatic rings. The lowest BCUT2D eigenvalue weighted by Gasteiger charge is -2.36. The highest BCUT2D eigenvalue weighted by Crippen LogP contribution is 2.44. The first kappa shape index (κ1) is 25.4. The number of ether oxygens (including phenoxy) is 2. The number of fused-ring (bicyclic) bond motifs is 3. The van der Waals surface area contributed by atoms with E-state index in [2.05, 4.69) is 19.6 Å². The third-order valence-corrected chi connectivity index (χ3v) is 10.5. The van der Waals surface area contributed by atoms with Gasteiger partial charge in [-0.05, 0) is 43.0 Å². The fourth-order valence-corrected chi connectivity index (χ4v) is 8.22. The van der Waals surface area contributed by atoms with Crippen LogP contribution in [0.15, 0.2) is 29.2 Å². The summed E-state index contributed by atoms with van der Waals surface area (Å²) in [5.74, 6) is -1.32. The van der Waals surface area contributed by atoms with Crippen molar-refractivity contribution in [1.82, 2.24) is 4.98 Å². The summed E-state index contributed by atoms with van der Waals surface area (Å²) in [6.45, 7) is 8.63. The predicted molar refractivity (Wildman–Crippen MR) is 135 cm³/mol. The molecule has 0 bridgehead atoms. The Morgan fingerprint density at radius 3 is 2.14 bits per heavy atom. The van der Waals surface area contributed by atoms with Crippen LogP contribution < -0.4 is 9.62 Å².